The lowest BCUT2D eigenvalue weighted by Crippen LogP contribution is -2.60. The van der Waals surface area contributed by atoms with Crippen LogP contribution in [-0.2, 0) is 14.3 Å². The first-order valence-electron chi connectivity index (χ1n) is 27.7. The quantitative estimate of drug-likeness (QED) is 0.0261. The Hall–Kier alpha value is -1.59. The summed E-state index contributed by atoms with van der Waals surface area (Å²) in [5.74, 6) is -0.188. The van der Waals surface area contributed by atoms with Crippen LogP contribution in [0.2, 0.25) is 0 Å². The van der Waals surface area contributed by atoms with Gasteiger partial charge in [0.2, 0.25) is 5.91 Å². The van der Waals surface area contributed by atoms with Gasteiger partial charge in [-0.25, -0.2) is 0 Å². The monoisotopic (exact) mass is 920 g/mol. The van der Waals surface area contributed by atoms with E-state index in [0.29, 0.717) is 6.42 Å². The second-order valence-corrected chi connectivity index (χ2v) is 19.4. The second kappa shape index (κ2) is 46.2. The highest BCUT2D eigenvalue weighted by atomic mass is 16.7. The number of rotatable bonds is 47. The van der Waals surface area contributed by atoms with E-state index in [1.165, 1.54) is 186 Å². The lowest BCUT2D eigenvalue weighted by molar-refractivity contribution is -0.302. The van der Waals surface area contributed by atoms with Crippen molar-refractivity contribution in [3.05, 3.63) is 36.5 Å². The Bertz CT molecular complexity index is 1110. The van der Waals surface area contributed by atoms with Crippen LogP contribution in [0.15, 0.2) is 36.5 Å². The fourth-order valence-electron chi connectivity index (χ4n) is 8.78. The molecule has 1 aliphatic rings. The maximum Gasteiger partial charge on any atom is 0.220 e. The highest BCUT2D eigenvalue weighted by Gasteiger charge is 2.44. The summed E-state index contributed by atoms with van der Waals surface area (Å²) in [4.78, 5) is 13.0. The highest BCUT2D eigenvalue weighted by Crippen LogP contribution is 2.23. The lowest BCUT2D eigenvalue weighted by atomic mass is 9.99. The van der Waals surface area contributed by atoms with Crippen LogP contribution in [0.4, 0.5) is 0 Å². The van der Waals surface area contributed by atoms with Crippen LogP contribution in [0.1, 0.15) is 258 Å². The summed E-state index contributed by atoms with van der Waals surface area (Å²) < 4.78 is 11.2. The number of allylic oxidation sites excluding steroid dienone is 5. The Labute approximate surface area is 400 Å². The van der Waals surface area contributed by atoms with E-state index in [-0.39, 0.29) is 12.5 Å². The maximum absolute atomic E-state index is 13.0. The lowest BCUT2D eigenvalue weighted by Gasteiger charge is -2.40. The van der Waals surface area contributed by atoms with Crippen LogP contribution >= 0.6 is 0 Å². The van der Waals surface area contributed by atoms with Gasteiger partial charge >= 0.3 is 0 Å². The van der Waals surface area contributed by atoms with Gasteiger partial charge in [0.1, 0.15) is 24.4 Å². The van der Waals surface area contributed by atoms with Crippen molar-refractivity contribution < 1.29 is 39.8 Å². The summed E-state index contributed by atoms with van der Waals surface area (Å²) in [5, 5.41) is 54.3. The number of unbranched alkanes of at least 4 members (excludes halogenated alkanes) is 33. The molecule has 1 aliphatic heterocycles. The van der Waals surface area contributed by atoms with Crippen LogP contribution in [-0.4, -0.2) is 87.5 Å². The predicted octanol–water partition coefficient (Wildman–Crippen LogP) is 13.2. The first kappa shape index (κ1) is 61.4. The zero-order valence-electron chi connectivity index (χ0n) is 42.3. The molecule has 1 heterocycles. The molecule has 9 heteroatoms. The molecular formula is C56H105NO8. The Balaban J connectivity index is 2.16. The van der Waals surface area contributed by atoms with Crippen molar-refractivity contribution in [3.63, 3.8) is 0 Å². The molecular weight excluding hydrogens is 815 g/mol. The number of hydrogen-bond acceptors (Lipinski definition) is 8. The third kappa shape index (κ3) is 36.1. The summed E-state index contributed by atoms with van der Waals surface area (Å²) in [5.41, 5.74) is 0. The molecule has 65 heavy (non-hydrogen) atoms. The summed E-state index contributed by atoms with van der Waals surface area (Å²) in [6.07, 6.45) is 52.3. The van der Waals surface area contributed by atoms with E-state index in [1.54, 1.807) is 6.08 Å². The molecule has 0 bridgehead atoms. The maximum atomic E-state index is 13.0. The molecule has 0 aromatic carbocycles. The Morgan fingerprint density at radius 1 is 0.508 bits per heavy atom. The number of ether oxygens (including phenoxy) is 2. The summed E-state index contributed by atoms with van der Waals surface area (Å²) >= 11 is 0. The SMILES string of the molecule is CCCCC/C=C/CC/C=C/CC/C=C/C(O)C(COC1OC(CO)C(O)C(O)C1O)NC(=O)CCCCCCCCCCCCCCCCCCCCCCCCCCCCCCC. The fourth-order valence-corrected chi connectivity index (χ4v) is 8.78. The predicted molar refractivity (Wildman–Crippen MR) is 272 cm³/mol. The van der Waals surface area contributed by atoms with E-state index in [1.807, 2.05) is 6.08 Å². The van der Waals surface area contributed by atoms with Crippen LogP contribution < -0.4 is 5.32 Å². The van der Waals surface area contributed by atoms with Gasteiger partial charge in [0, 0.05) is 6.42 Å². The van der Waals surface area contributed by atoms with Gasteiger partial charge in [-0.2, -0.15) is 0 Å². The highest BCUT2D eigenvalue weighted by molar-refractivity contribution is 5.76. The van der Waals surface area contributed by atoms with Crippen molar-refractivity contribution in [2.24, 2.45) is 0 Å². The van der Waals surface area contributed by atoms with Crippen molar-refractivity contribution >= 4 is 5.91 Å². The van der Waals surface area contributed by atoms with Crippen LogP contribution in [0, 0.1) is 0 Å². The van der Waals surface area contributed by atoms with Crippen LogP contribution in [0.3, 0.4) is 0 Å². The Kier molecular flexibility index (Phi) is 43.6. The van der Waals surface area contributed by atoms with Gasteiger partial charge in [0.25, 0.3) is 0 Å². The van der Waals surface area contributed by atoms with Crippen LogP contribution in [0.25, 0.3) is 0 Å². The first-order chi connectivity index (χ1) is 31.8. The molecule has 6 N–H and O–H groups in total. The number of aliphatic hydroxyl groups is 5. The summed E-state index contributed by atoms with van der Waals surface area (Å²) in [6.45, 7) is 3.74. The molecule has 0 spiro atoms. The minimum absolute atomic E-state index is 0.188. The van der Waals surface area contributed by atoms with Crippen LogP contribution in [0.5, 0.6) is 0 Å². The van der Waals surface area contributed by atoms with Gasteiger partial charge in [0.05, 0.1) is 25.4 Å². The van der Waals surface area contributed by atoms with Gasteiger partial charge in [-0.05, 0) is 44.9 Å². The Morgan fingerprint density at radius 2 is 0.877 bits per heavy atom. The first-order valence-corrected chi connectivity index (χ1v) is 27.7. The number of carbonyl (C=O) groups excluding carboxylic acids is 1. The van der Waals surface area contributed by atoms with Crippen molar-refractivity contribution in [2.75, 3.05) is 13.2 Å². The molecule has 0 radical (unpaired) electrons. The van der Waals surface area contributed by atoms with Gasteiger partial charge < -0.3 is 40.3 Å². The van der Waals surface area contributed by atoms with Gasteiger partial charge in [-0.3, -0.25) is 4.79 Å². The normalized spacial score (nSPS) is 20.1. The molecule has 7 atom stereocenters. The minimum Gasteiger partial charge on any atom is -0.394 e. The molecule has 7 unspecified atom stereocenters. The van der Waals surface area contributed by atoms with Crippen molar-refractivity contribution in [2.45, 2.75) is 301 Å². The molecule has 0 aromatic heterocycles. The molecule has 0 aliphatic carbocycles. The van der Waals surface area contributed by atoms with E-state index in [4.69, 9.17) is 9.47 Å². The minimum atomic E-state index is -1.57. The van der Waals surface area contributed by atoms with E-state index >= 15 is 0 Å². The summed E-state index contributed by atoms with van der Waals surface area (Å²) in [6, 6.07) is -0.825. The molecule has 9 nitrogen and oxygen atoms in total. The van der Waals surface area contributed by atoms with E-state index < -0.39 is 49.5 Å². The number of aliphatic hydroxyl groups excluding tert-OH is 5. The molecule has 1 amide bonds. The van der Waals surface area contributed by atoms with Crippen molar-refractivity contribution in [1.82, 2.24) is 5.32 Å². The van der Waals surface area contributed by atoms with E-state index in [2.05, 4.69) is 43.5 Å². The van der Waals surface area contributed by atoms with Gasteiger partial charge in [-0.15, -0.1) is 0 Å². The number of amides is 1. The standard InChI is InChI=1S/C56H105NO8/c1-3-5-7-9-11-13-15-17-18-19-20-21-22-23-24-25-26-27-28-29-30-31-32-34-36-38-40-42-44-46-52(60)57-49(48-64-56-55(63)54(62)53(61)51(47-58)65-56)50(59)45-43-41-39-37-35-33-16-14-12-10-8-6-4-2/h12,14,35,37,43,45,49-51,53-56,58-59,61-63H,3-11,13,15-34,36,38-42,44,46-48H2,1-2H3,(H,57,60)/b14-12+,37-35+,45-43+. The van der Waals surface area contributed by atoms with Crippen molar-refractivity contribution in [3.8, 4) is 0 Å². The number of hydrogen-bond donors (Lipinski definition) is 6. The fraction of sp³-hybridized carbons (Fsp3) is 0.875. The topological polar surface area (TPSA) is 149 Å². The third-order valence-corrected chi connectivity index (χ3v) is 13.2. The molecule has 1 saturated heterocycles. The largest absolute Gasteiger partial charge is 0.394 e. The molecule has 382 valence electrons. The second-order valence-electron chi connectivity index (χ2n) is 19.4. The average Bonchev–Trinajstić information content (AvgIpc) is 3.31. The van der Waals surface area contributed by atoms with Crippen molar-refractivity contribution in [1.29, 1.82) is 0 Å². The zero-order chi connectivity index (χ0) is 47.3. The zero-order valence-corrected chi connectivity index (χ0v) is 42.3. The smallest absolute Gasteiger partial charge is 0.220 e. The van der Waals surface area contributed by atoms with Gasteiger partial charge in [-0.1, -0.05) is 243 Å². The van der Waals surface area contributed by atoms with E-state index in [0.717, 1.165) is 51.4 Å². The molecule has 1 fully saturated rings. The summed E-state index contributed by atoms with van der Waals surface area (Å²) in [7, 11) is 0. The molecule has 1 rings (SSSR count). The molecule has 0 aromatic rings. The Morgan fingerprint density at radius 3 is 1.29 bits per heavy atom. The molecule has 0 saturated carbocycles. The van der Waals surface area contributed by atoms with E-state index in [9.17, 15) is 30.3 Å². The third-order valence-electron chi connectivity index (χ3n) is 13.2. The number of nitrogens with one attached hydrogen (secondary N) is 1. The number of carbonyl (C=O) groups is 1. The average molecular weight is 920 g/mol. The van der Waals surface area contributed by atoms with Gasteiger partial charge in [0.15, 0.2) is 6.29 Å².